The highest BCUT2D eigenvalue weighted by Crippen LogP contribution is 2.22. The molecule has 18 heavy (non-hydrogen) atoms. The summed E-state index contributed by atoms with van der Waals surface area (Å²) in [6, 6.07) is 11.3. The second kappa shape index (κ2) is 6.02. The highest BCUT2D eigenvalue weighted by molar-refractivity contribution is 5.34. The zero-order chi connectivity index (χ0) is 12.8. The van der Waals surface area contributed by atoms with Crippen molar-refractivity contribution >= 4 is 0 Å². The van der Waals surface area contributed by atoms with Gasteiger partial charge in [0.1, 0.15) is 11.5 Å². The number of hydrogen-bond donors (Lipinski definition) is 1. The monoisotopic (exact) mass is 244 g/mol. The molecule has 2 aromatic rings. The zero-order valence-corrected chi connectivity index (χ0v) is 10.5. The smallest absolute Gasteiger partial charge is 0.219 e. The summed E-state index contributed by atoms with van der Waals surface area (Å²) in [4.78, 5) is 4.18. The molecule has 0 radical (unpaired) electrons. The molecule has 0 fully saturated rings. The van der Waals surface area contributed by atoms with E-state index in [0.717, 1.165) is 23.6 Å². The van der Waals surface area contributed by atoms with Gasteiger partial charge in [0.15, 0.2) is 0 Å². The van der Waals surface area contributed by atoms with Gasteiger partial charge >= 0.3 is 0 Å². The van der Waals surface area contributed by atoms with Crippen LogP contribution >= 0.6 is 0 Å². The van der Waals surface area contributed by atoms with Gasteiger partial charge in [0.2, 0.25) is 5.88 Å². The summed E-state index contributed by atoms with van der Waals surface area (Å²) < 4.78 is 10.8. The minimum atomic E-state index is 0.591. The van der Waals surface area contributed by atoms with Gasteiger partial charge in [-0.3, -0.25) is 0 Å². The van der Waals surface area contributed by atoms with Gasteiger partial charge in [-0.1, -0.05) is 0 Å². The average molecular weight is 244 g/mol. The Hall–Kier alpha value is -2.07. The van der Waals surface area contributed by atoms with E-state index < -0.39 is 0 Å². The van der Waals surface area contributed by atoms with Crippen molar-refractivity contribution in [1.82, 2.24) is 10.3 Å². The summed E-state index contributed by atoms with van der Waals surface area (Å²) >= 11 is 0. The number of pyridine rings is 1. The first-order valence-corrected chi connectivity index (χ1v) is 5.73. The molecule has 94 valence electrons. The maximum absolute atomic E-state index is 5.67. The molecule has 1 N–H and O–H groups in total. The van der Waals surface area contributed by atoms with Crippen molar-refractivity contribution in [2.75, 3.05) is 14.2 Å². The third kappa shape index (κ3) is 3.21. The van der Waals surface area contributed by atoms with Crippen LogP contribution < -0.4 is 14.8 Å². The van der Waals surface area contributed by atoms with E-state index >= 15 is 0 Å². The fourth-order valence-electron chi connectivity index (χ4n) is 1.58. The first-order valence-electron chi connectivity index (χ1n) is 5.73. The predicted octanol–water partition coefficient (Wildman–Crippen LogP) is 2.60. The van der Waals surface area contributed by atoms with Crippen LogP contribution in [0.15, 0.2) is 42.6 Å². The normalized spacial score (nSPS) is 10.1. The molecule has 0 aliphatic heterocycles. The Morgan fingerprint density at radius 2 is 1.83 bits per heavy atom. The summed E-state index contributed by atoms with van der Waals surface area (Å²) in [6.07, 6.45) is 1.74. The minimum absolute atomic E-state index is 0.591. The van der Waals surface area contributed by atoms with E-state index in [9.17, 15) is 0 Å². The number of benzene rings is 1. The summed E-state index contributed by atoms with van der Waals surface area (Å²) in [7, 11) is 3.54. The number of ether oxygens (including phenoxy) is 2. The summed E-state index contributed by atoms with van der Waals surface area (Å²) in [6.45, 7) is 0.793. The highest BCUT2D eigenvalue weighted by atomic mass is 16.5. The van der Waals surface area contributed by atoms with Gasteiger partial charge in [-0.25, -0.2) is 4.98 Å². The lowest BCUT2D eigenvalue weighted by Gasteiger charge is -2.07. The first-order chi connectivity index (χ1) is 8.81. The summed E-state index contributed by atoms with van der Waals surface area (Å²) in [5.41, 5.74) is 1.14. The van der Waals surface area contributed by atoms with E-state index in [1.165, 1.54) is 0 Å². The van der Waals surface area contributed by atoms with Crippen LogP contribution in [0.2, 0.25) is 0 Å². The lowest BCUT2D eigenvalue weighted by Crippen LogP contribution is -2.05. The molecule has 0 atom stereocenters. The summed E-state index contributed by atoms with van der Waals surface area (Å²) in [5, 5.41) is 3.09. The van der Waals surface area contributed by atoms with Gasteiger partial charge in [-0.05, 0) is 42.9 Å². The van der Waals surface area contributed by atoms with Gasteiger partial charge in [0.25, 0.3) is 0 Å². The molecule has 0 amide bonds. The fourth-order valence-corrected chi connectivity index (χ4v) is 1.58. The molecule has 4 heteroatoms. The highest BCUT2D eigenvalue weighted by Gasteiger charge is 2.00. The van der Waals surface area contributed by atoms with E-state index in [1.807, 2.05) is 43.4 Å². The average Bonchev–Trinajstić information content (AvgIpc) is 2.40. The maximum Gasteiger partial charge on any atom is 0.219 e. The van der Waals surface area contributed by atoms with Crippen LogP contribution in [0.25, 0.3) is 0 Å². The van der Waals surface area contributed by atoms with Crippen LogP contribution in [0.5, 0.6) is 17.4 Å². The molecule has 0 saturated heterocycles. The number of nitrogens with one attached hydrogen (secondary N) is 1. The molecular formula is C14H16N2O2. The molecule has 0 aliphatic rings. The molecular weight excluding hydrogens is 228 g/mol. The summed E-state index contributed by atoms with van der Waals surface area (Å²) in [5.74, 6) is 2.14. The van der Waals surface area contributed by atoms with E-state index in [-0.39, 0.29) is 0 Å². The number of hydrogen-bond acceptors (Lipinski definition) is 4. The Balaban J connectivity index is 2.09. The van der Waals surface area contributed by atoms with Crippen LogP contribution in [0.4, 0.5) is 0 Å². The van der Waals surface area contributed by atoms with Crippen LogP contribution in [0.3, 0.4) is 0 Å². The largest absolute Gasteiger partial charge is 0.497 e. The van der Waals surface area contributed by atoms with Crippen LogP contribution in [-0.4, -0.2) is 19.1 Å². The number of aromatic nitrogens is 1. The van der Waals surface area contributed by atoms with Crippen molar-refractivity contribution in [3.63, 3.8) is 0 Å². The second-order valence-electron chi connectivity index (χ2n) is 3.81. The maximum atomic E-state index is 5.67. The van der Waals surface area contributed by atoms with Crippen LogP contribution in [-0.2, 0) is 6.54 Å². The van der Waals surface area contributed by atoms with Gasteiger partial charge in [0.05, 0.1) is 7.11 Å². The van der Waals surface area contributed by atoms with E-state index in [0.29, 0.717) is 5.88 Å². The van der Waals surface area contributed by atoms with E-state index in [4.69, 9.17) is 9.47 Å². The molecule has 0 saturated carbocycles. The van der Waals surface area contributed by atoms with Gasteiger partial charge in [0, 0.05) is 18.8 Å². The molecule has 1 aromatic carbocycles. The molecule has 4 nitrogen and oxygen atoms in total. The predicted molar refractivity (Wildman–Crippen MR) is 70.1 cm³/mol. The Morgan fingerprint density at radius 3 is 2.50 bits per heavy atom. The molecule has 1 heterocycles. The van der Waals surface area contributed by atoms with Crippen LogP contribution in [0.1, 0.15) is 5.56 Å². The van der Waals surface area contributed by atoms with E-state index in [2.05, 4.69) is 10.3 Å². The quantitative estimate of drug-likeness (QED) is 0.878. The fraction of sp³-hybridized carbons (Fsp3) is 0.214. The zero-order valence-electron chi connectivity index (χ0n) is 10.5. The van der Waals surface area contributed by atoms with Crippen molar-refractivity contribution in [2.45, 2.75) is 6.54 Å². The Kier molecular flexibility index (Phi) is 4.15. The number of rotatable bonds is 5. The van der Waals surface area contributed by atoms with Crippen molar-refractivity contribution < 1.29 is 9.47 Å². The minimum Gasteiger partial charge on any atom is -0.497 e. The Bertz CT molecular complexity index is 497. The third-order valence-corrected chi connectivity index (χ3v) is 2.46. The molecule has 0 aliphatic carbocycles. The van der Waals surface area contributed by atoms with Gasteiger partial charge < -0.3 is 14.8 Å². The molecule has 1 aromatic heterocycles. The Labute approximate surface area is 107 Å². The van der Waals surface area contributed by atoms with Crippen LogP contribution in [0, 0.1) is 0 Å². The molecule has 0 unspecified atom stereocenters. The third-order valence-electron chi connectivity index (χ3n) is 2.46. The molecule has 2 rings (SSSR count). The lowest BCUT2D eigenvalue weighted by atomic mass is 10.2. The van der Waals surface area contributed by atoms with Crippen molar-refractivity contribution in [2.24, 2.45) is 0 Å². The topological polar surface area (TPSA) is 43.4 Å². The van der Waals surface area contributed by atoms with Gasteiger partial charge in [-0.15, -0.1) is 0 Å². The SMILES string of the molecule is CNCc1ccnc(Oc2ccc(OC)cc2)c1. The van der Waals surface area contributed by atoms with E-state index in [1.54, 1.807) is 13.3 Å². The second-order valence-corrected chi connectivity index (χ2v) is 3.81. The Morgan fingerprint density at radius 1 is 1.11 bits per heavy atom. The lowest BCUT2D eigenvalue weighted by molar-refractivity contribution is 0.412. The molecule has 0 bridgehead atoms. The van der Waals surface area contributed by atoms with Crippen molar-refractivity contribution in [1.29, 1.82) is 0 Å². The number of methoxy groups -OCH3 is 1. The first kappa shape index (κ1) is 12.4. The standard InChI is InChI=1S/C14H16N2O2/c1-15-10-11-7-8-16-14(9-11)18-13-5-3-12(17-2)4-6-13/h3-9,15H,10H2,1-2H3. The van der Waals surface area contributed by atoms with Crippen molar-refractivity contribution in [3.8, 4) is 17.4 Å². The van der Waals surface area contributed by atoms with Gasteiger partial charge in [-0.2, -0.15) is 0 Å². The van der Waals surface area contributed by atoms with Crippen molar-refractivity contribution in [3.05, 3.63) is 48.2 Å². The molecule has 0 spiro atoms. The number of nitrogens with zero attached hydrogens (tertiary/aromatic N) is 1.